The van der Waals surface area contributed by atoms with Crippen LogP contribution < -0.4 is 10.6 Å². The predicted molar refractivity (Wildman–Crippen MR) is 89.2 cm³/mol. The molecular weight excluding hydrogens is 276 g/mol. The second-order valence-electron chi connectivity index (χ2n) is 6.84. The zero-order chi connectivity index (χ0) is 15.9. The van der Waals surface area contributed by atoms with E-state index in [9.17, 15) is 4.79 Å². The van der Waals surface area contributed by atoms with Crippen molar-refractivity contribution in [3.63, 3.8) is 0 Å². The van der Waals surface area contributed by atoms with E-state index in [-0.39, 0.29) is 12.1 Å². The van der Waals surface area contributed by atoms with E-state index in [1.165, 1.54) is 5.39 Å². The van der Waals surface area contributed by atoms with Crippen molar-refractivity contribution >= 4 is 22.6 Å². The molecule has 0 bridgehead atoms. The molecule has 1 atom stereocenters. The van der Waals surface area contributed by atoms with E-state index in [4.69, 9.17) is 10.5 Å². The van der Waals surface area contributed by atoms with E-state index in [1.54, 1.807) is 4.90 Å². The number of nitrogens with two attached hydrogens (primary N) is 1. The maximum absolute atomic E-state index is 12.5. The molecular formula is C18H22N2O2. The standard InChI is InChI=1S/C18H22N2O2/c1-18(2,3)22-17(21)20-11-13(19)10-15-14-7-5-4-6-12(14)8-9-16(15)20/h4-9,13H,10-11,19H2,1-3H3. The van der Waals surface area contributed by atoms with Crippen LogP contribution in [0, 0.1) is 0 Å². The van der Waals surface area contributed by atoms with Crippen molar-refractivity contribution < 1.29 is 9.53 Å². The molecule has 0 saturated carbocycles. The topological polar surface area (TPSA) is 55.6 Å². The minimum atomic E-state index is -0.518. The first kappa shape index (κ1) is 14.9. The molecule has 1 heterocycles. The molecule has 1 aliphatic rings. The van der Waals surface area contributed by atoms with Crippen LogP contribution in [-0.2, 0) is 11.2 Å². The molecule has 2 N–H and O–H groups in total. The van der Waals surface area contributed by atoms with Gasteiger partial charge >= 0.3 is 6.09 Å². The first-order valence-corrected chi connectivity index (χ1v) is 7.62. The third-order valence-electron chi connectivity index (χ3n) is 3.80. The average molecular weight is 298 g/mol. The summed E-state index contributed by atoms with van der Waals surface area (Å²) in [5.41, 5.74) is 7.70. The number of hydrogen-bond acceptors (Lipinski definition) is 3. The van der Waals surface area contributed by atoms with Gasteiger partial charge in [0.15, 0.2) is 0 Å². The van der Waals surface area contributed by atoms with Crippen molar-refractivity contribution in [1.82, 2.24) is 0 Å². The van der Waals surface area contributed by atoms with Gasteiger partial charge in [0.25, 0.3) is 0 Å². The maximum Gasteiger partial charge on any atom is 0.414 e. The van der Waals surface area contributed by atoms with Crippen molar-refractivity contribution in [3.8, 4) is 0 Å². The smallest absolute Gasteiger partial charge is 0.414 e. The fourth-order valence-corrected chi connectivity index (χ4v) is 2.94. The third-order valence-corrected chi connectivity index (χ3v) is 3.80. The normalized spacial score (nSPS) is 18.2. The number of carbonyl (C=O) groups is 1. The van der Waals surface area contributed by atoms with Crippen molar-refractivity contribution in [1.29, 1.82) is 0 Å². The van der Waals surface area contributed by atoms with Crippen LogP contribution in [0.5, 0.6) is 0 Å². The fraction of sp³-hybridized carbons (Fsp3) is 0.389. The maximum atomic E-state index is 12.5. The average Bonchev–Trinajstić information content (AvgIpc) is 2.44. The molecule has 4 nitrogen and oxygen atoms in total. The lowest BCUT2D eigenvalue weighted by Crippen LogP contribution is -2.48. The van der Waals surface area contributed by atoms with E-state index < -0.39 is 5.60 Å². The van der Waals surface area contributed by atoms with Crippen LogP contribution in [0.2, 0.25) is 0 Å². The van der Waals surface area contributed by atoms with Crippen LogP contribution in [0.4, 0.5) is 10.5 Å². The number of benzene rings is 2. The second kappa shape index (κ2) is 5.29. The Morgan fingerprint density at radius 3 is 2.68 bits per heavy atom. The summed E-state index contributed by atoms with van der Waals surface area (Å²) in [6.45, 7) is 6.10. The highest BCUT2D eigenvalue weighted by Gasteiger charge is 2.31. The molecule has 0 aromatic heterocycles. The Kier molecular flexibility index (Phi) is 3.57. The lowest BCUT2D eigenvalue weighted by molar-refractivity contribution is 0.0575. The lowest BCUT2D eigenvalue weighted by atomic mass is 9.93. The van der Waals surface area contributed by atoms with Gasteiger partial charge < -0.3 is 10.5 Å². The molecule has 4 heteroatoms. The molecule has 1 aliphatic heterocycles. The Bertz CT molecular complexity index is 719. The zero-order valence-electron chi connectivity index (χ0n) is 13.3. The Labute approximate surface area is 130 Å². The molecule has 1 unspecified atom stereocenters. The van der Waals surface area contributed by atoms with Crippen LogP contribution in [0.3, 0.4) is 0 Å². The molecule has 116 valence electrons. The highest BCUT2D eigenvalue weighted by molar-refractivity contribution is 5.97. The summed E-state index contributed by atoms with van der Waals surface area (Å²) >= 11 is 0. The minimum Gasteiger partial charge on any atom is -0.443 e. The van der Waals surface area contributed by atoms with Gasteiger partial charge in [-0.3, -0.25) is 4.90 Å². The number of ether oxygens (including phenoxy) is 1. The molecule has 1 amide bonds. The van der Waals surface area contributed by atoms with Crippen LogP contribution in [-0.4, -0.2) is 24.3 Å². The van der Waals surface area contributed by atoms with Crippen LogP contribution >= 0.6 is 0 Å². The Morgan fingerprint density at radius 1 is 1.23 bits per heavy atom. The van der Waals surface area contributed by atoms with Crippen LogP contribution in [0.1, 0.15) is 26.3 Å². The number of fused-ring (bicyclic) bond motifs is 3. The highest BCUT2D eigenvalue weighted by Crippen LogP contribution is 2.34. The highest BCUT2D eigenvalue weighted by atomic mass is 16.6. The van der Waals surface area contributed by atoms with Crippen LogP contribution in [0.25, 0.3) is 10.8 Å². The number of nitrogens with zero attached hydrogens (tertiary/aromatic N) is 1. The van der Waals surface area contributed by atoms with Gasteiger partial charge in [-0.15, -0.1) is 0 Å². The number of amides is 1. The van der Waals surface area contributed by atoms with Gasteiger partial charge in [-0.2, -0.15) is 0 Å². The predicted octanol–water partition coefficient (Wildman–Crippen LogP) is 3.46. The molecule has 0 radical (unpaired) electrons. The van der Waals surface area contributed by atoms with E-state index in [2.05, 4.69) is 12.1 Å². The molecule has 0 spiro atoms. The summed E-state index contributed by atoms with van der Waals surface area (Å²) in [5, 5.41) is 2.32. The van der Waals surface area contributed by atoms with Gasteiger partial charge in [0, 0.05) is 12.6 Å². The number of rotatable bonds is 0. The molecule has 0 aliphatic carbocycles. The summed E-state index contributed by atoms with van der Waals surface area (Å²) in [6, 6.07) is 12.2. The summed E-state index contributed by atoms with van der Waals surface area (Å²) in [7, 11) is 0. The van der Waals surface area contributed by atoms with Crippen molar-refractivity contribution in [2.24, 2.45) is 5.73 Å². The first-order chi connectivity index (χ1) is 10.3. The summed E-state index contributed by atoms with van der Waals surface area (Å²) in [5.74, 6) is 0. The Balaban J connectivity index is 2.06. The van der Waals surface area contributed by atoms with Gasteiger partial charge in [0.05, 0.1) is 5.69 Å². The van der Waals surface area contributed by atoms with Gasteiger partial charge in [-0.05, 0) is 49.6 Å². The number of hydrogen-bond donors (Lipinski definition) is 1. The Hall–Kier alpha value is -2.07. The van der Waals surface area contributed by atoms with E-state index >= 15 is 0 Å². The second-order valence-corrected chi connectivity index (χ2v) is 6.84. The molecule has 2 aromatic rings. The lowest BCUT2D eigenvalue weighted by Gasteiger charge is -2.35. The fourth-order valence-electron chi connectivity index (χ4n) is 2.94. The summed E-state index contributed by atoms with van der Waals surface area (Å²) in [4.78, 5) is 14.2. The first-order valence-electron chi connectivity index (χ1n) is 7.62. The molecule has 22 heavy (non-hydrogen) atoms. The van der Waals surface area contributed by atoms with Crippen molar-refractivity contribution in [3.05, 3.63) is 42.0 Å². The summed E-state index contributed by atoms with van der Waals surface area (Å²) in [6.07, 6.45) is 0.440. The number of carbonyl (C=O) groups excluding carboxylic acids is 1. The number of anilines is 1. The van der Waals surface area contributed by atoms with Gasteiger partial charge in [0.2, 0.25) is 0 Å². The zero-order valence-corrected chi connectivity index (χ0v) is 13.3. The van der Waals surface area contributed by atoms with Gasteiger partial charge in [0.1, 0.15) is 5.60 Å². The van der Waals surface area contributed by atoms with Gasteiger partial charge in [-0.1, -0.05) is 30.3 Å². The molecule has 3 rings (SSSR count). The summed E-state index contributed by atoms with van der Waals surface area (Å²) < 4.78 is 5.53. The van der Waals surface area contributed by atoms with Crippen molar-refractivity contribution in [2.75, 3.05) is 11.4 Å². The van der Waals surface area contributed by atoms with Crippen LogP contribution in [0.15, 0.2) is 36.4 Å². The molecule has 0 fully saturated rings. The minimum absolute atomic E-state index is 0.0779. The van der Waals surface area contributed by atoms with E-state index in [1.807, 2.05) is 45.0 Å². The third kappa shape index (κ3) is 2.79. The van der Waals surface area contributed by atoms with E-state index in [0.29, 0.717) is 6.54 Å². The monoisotopic (exact) mass is 298 g/mol. The molecule has 0 saturated heterocycles. The Morgan fingerprint density at radius 2 is 1.95 bits per heavy atom. The SMILES string of the molecule is CC(C)(C)OC(=O)N1CC(N)Cc2c1ccc1ccccc21. The van der Waals surface area contributed by atoms with E-state index in [0.717, 1.165) is 23.1 Å². The van der Waals surface area contributed by atoms with Gasteiger partial charge in [-0.25, -0.2) is 4.79 Å². The van der Waals surface area contributed by atoms with Crippen molar-refractivity contribution in [2.45, 2.75) is 38.8 Å². The molecule has 2 aromatic carbocycles. The quantitative estimate of drug-likeness (QED) is 0.810. The largest absolute Gasteiger partial charge is 0.443 e.